The number of nitrogens with zero attached hydrogens (tertiary/aromatic N) is 5. The Balaban J connectivity index is 0.931. The number of fused-ring (bicyclic) bond motifs is 4. The summed E-state index contributed by atoms with van der Waals surface area (Å²) in [6.07, 6.45) is 0. The van der Waals surface area contributed by atoms with E-state index in [1.54, 1.807) is 12.1 Å². The van der Waals surface area contributed by atoms with Crippen LogP contribution in [-0.4, -0.2) is 124 Å². The quantitative estimate of drug-likeness (QED) is 0.0236. The maximum absolute atomic E-state index is 13.0. The molecule has 9 rings (SSSR count). The third-order valence-corrected chi connectivity index (χ3v) is 17.6. The Bertz CT molecular complexity index is 4800. The zero-order chi connectivity index (χ0) is 60.4. The molecule has 0 atom stereocenters. The van der Waals surface area contributed by atoms with Crippen molar-refractivity contribution in [2.24, 2.45) is 4.99 Å². The Morgan fingerprint density at radius 1 is 0.530 bits per heavy atom. The van der Waals surface area contributed by atoms with E-state index in [9.17, 15) is 77.8 Å². The summed E-state index contributed by atoms with van der Waals surface area (Å²) in [7, 11) is -30.1. The van der Waals surface area contributed by atoms with Gasteiger partial charge in [0.05, 0.1) is 44.4 Å². The summed E-state index contributed by atoms with van der Waals surface area (Å²) in [5.74, 6) is -2.00. The predicted molar refractivity (Wildman–Crippen MR) is 296 cm³/mol. The van der Waals surface area contributed by atoms with Crippen molar-refractivity contribution in [2.75, 3.05) is 58.1 Å². The average Bonchev–Trinajstić information content (AvgIpc) is 1.44. The van der Waals surface area contributed by atoms with Crippen LogP contribution in [-0.2, 0) is 60.7 Å². The molecular weight excluding hydrogens is 1290 g/mol. The highest BCUT2D eigenvalue weighted by Crippen LogP contribution is 2.55. The van der Waals surface area contributed by atoms with Crippen molar-refractivity contribution < 1.29 is 87.0 Å². The molecule has 0 radical (unpaired) electrons. The number of hydrogen-bond acceptors (Lipinski definition) is 25. The van der Waals surface area contributed by atoms with Crippen LogP contribution in [0.4, 0.5) is 51.7 Å². The molecule has 6 aromatic rings. The van der Waals surface area contributed by atoms with Crippen molar-refractivity contribution in [1.29, 1.82) is 0 Å². The molecule has 3 heterocycles. The third kappa shape index (κ3) is 13.2. The zero-order valence-electron chi connectivity index (χ0n) is 40.6. The Kier molecular flexibility index (Phi) is 16.2. The highest BCUT2D eigenvalue weighted by molar-refractivity contribution is 7.87. The lowest BCUT2D eigenvalue weighted by molar-refractivity contribution is 0.449. The highest BCUT2D eigenvalue weighted by Gasteiger charge is 2.35. The van der Waals surface area contributed by atoms with Crippen LogP contribution in [0.25, 0.3) is 22.6 Å². The van der Waals surface area contributed by atoms with Gasteiger partial charge in [-0.2, -0.15) is 65.5 Å². The van der Waals surface area contributed by atoms with Gasteiger partial charge >= 0.3 is 10.1 Å². The fraction of sp³-hybridized carbons (Fsp3) is 0.0930. The van der Waals surface area contributed by atoms with Gasteiger partial charge in [0.2, 0.25) is 17.2 Å². The highest BCUT2D eigenvalue weighted by atomic mass is 35.5. The minimum atomic E-state index is -5.20. The van der Waals surface area contributed by atoms with E-state index in [0.29, 0.717) is 17.8 Å². The van der Waals surface area contributed by atoms with Crippen LogP contribution >= 0.6 is 34.8 Å². The monoisotopic (exact) mass is 1320 g/mol. The van der Waals surface area contributed by atoms with Crippen molar-refractivity contribution in [3.63, 3.8) is 0 Å². The summed E-state index contributed by atoms with van der Waals surface area (Å²) in [6, 6.07) is 15.9. The predicted octanol–water partition coefficient (Wildman–Crippen LogP) is 6.43. The van der Waals surface area contributed by atoms with Gasteiger partial charge in [0.25, 0.3) is 50.6 Å². The molecule has 0 fully saturated rings. The van der Waals surface area contributed by atoms with E-state index in [-0.39, 0.29) is 98.5 Å². The molecule has 12 N–H and O–H groups in total. The molecule has 438 valence electrons. The second kappa shape index (κ2) is 22.3. The lowest BCUT2D eigenvalue weighted by atomic mass is 10.1. The molecule has 0 unspecified atom stereocenters. The fourth-order valence-electron chi connectivity index (χ4n) is 7.93. The van der Waals surface area contributed by atoms with E-state index in [1.165, 1.54) is 30.3 Å². The van der Waals surface area contributed by atoms with Gasteiger partial charge in [-0.15, -0.1) is 0 Å². The largest absolute Gasteiger partial charge is 0.450 e. The molecular formula is C43H34Cl3N11O20S6. The van der Waals surface area contributed by atoms with Gasteiger partial charge in [-0.25, -0.2) is 4.98 Å². The number of ether oxygens (including phenoxy) is 1. The smallest absolute Gasteiger partial charge is 0.300 e. The van der Waals surface area contributed by atoms with Crippen LogP contribution in [0.1, 0.15) is 0 Å². The van der Waals surface area contributed by atoms with Crippen LogP contribution in [0.2, 0.25) is 15.3 Å². The van der Waals surface area contributed by atoms with Crippen LogP contribution < -0.4 is 42.0 Å². The fourth-order valence-corrected chi connectivity index (χ4v) is 12.7. The second-order valence-corrected chi connectivity index (χ2v) is 26.4. The molecule has 3 aliphatic rings. The van der Waals surface area contributed by atoms with Crippen LogP contribution in [0.5, 0.6) is 11.5 Å². The summed E-state index contributed by atoms with van der Waals surface area (Å²) >= 11 is 19.7. The second-order valence-electron chi connectivity index (χ2n) is 16.9. The number of benzene rings is 6. The van der Waals surface area contributed by atoms with Gasteiger partial charge in [-0.1, -0.05) is 29.3 Å². The van der Waals surface area contributed by atoms with E-state index >= 15 is 0 Å². The number of aromatic nitrogens is 4. The summed E-state index contributed by atoms with van der Waals surface area (Å²) in [4.78, 5) is 15.3. The lowest BCUT2D eigenvalue weighted by Gasteiger charge is -2.27. The van der Waals surface area contributed by atoms with Crippen molar-refractivity contribution in [1.82, 2.24) is 19.9 Å². The minimum Gasteiger partial charge on any atom is -0.450 e. The van der Waals surface area contributed by atoms with Gasteiger partial charge in [-0.3, -0.25) is 32.3 Å². The van der Waals surface area contributed by atoms with Crippen molar-refractivity contribution in [3.8, 4) is 23.0 Å². The van der Waals surface area contributed by atoms with Crippen LogP contribution in [0.15, 0.2) is 124 Å². The molecule has 5 aromatic carbocycles. The summed E-state index contributed by atoms with van der Waals surface area (Å²) in [6.45, 7) is -0.412. The van der Waals surface area contributed by atoms with Gasteiger partial charge in [0.15, 0.2) is 32.6 Å². The number of anilines is 9. The lowest BCUT2D eigenvalue weighted by Crippen LogP contribution is -2.20. The van der Waals surface area contributed by atoms with E-state index < -0.39 is 119 Å². The van der Waals surface area contributed by atoms with Gasteiger partial charge in [-0.05, 0) is 90.5 Å². The van der Waals surface area contributed by atoms with E-state index in [0.717, 1.165) is 30.3 Å². The first-order valence-corrected chi connectivity index (χ1v) is 32.2. The molecule has 83 heavy (non-hydrogen) atoms. The third-order valence-electron chi connectivity index (χ3n) is 11.4. The Morgan fingerprint density at radius 3 is 1.73 bits per heavy atom. The molecule has 0 saturated heterocycles. The van der Waals surface area contributed by atoms with Gasteiger partial charge in [0, 0.05) is 31.0 Å². The maximum atomic E-state index is 13.0. The van der Waals surface area contributed by atoms with Crippen LogP contribution in [0, 0.1) is 0 Å². The van der Waals surface area contributed by atoms with Crippen LogP contribution in [0.3, 0.4) is 0 Å². The molecule has 31 nitrogen and oxygen atoms in total. The first-order chi connectivity index (χ1) is 38.6. The number of nitrogens with one attached hydrogen (secondary N) is 6. The molecule has 0 bridgehead atoms. The number of rotatable bonds is 19. The van der Waals surface area contributed by atoms with Gasteiger partial charge in [0.1, 0.15) is 36.7 Å². The first kappa shape index (κ1) is 60.3. The molecule has 1 aliphatic carbocycles. The average molecular weight is 1320 g/mol. The van der Waals surface area contributed by atoms with E-state index in [2.05, 4.69) is 56.8 Å². The standard InChI is InChI=1S/C43H34Cl3N11O20S6/c44-31-34-38(77-36-26(53-34)9-11-28(40(36)83(73,74)75)49-14-15-50-42-55-41(46)56-43(57-42)54-24-7-5-22(79(61,62)63)18-30(24)81(67,68)69)32(45)33-37(31)76-35-25(52-33)8-10-27(39(35)82(70,71)72)48-13-12-47-19-2-1-3-20(16-19)51-23-6-4-21(78(58,59)60)17-29(23)80(64,65)66/h1-11,16-18,47-48,51-52H,12-15H2,(H,58,59,60)(H,61,62,63)(H,64,65,66)(H,67,68,69)(H,70,71,72)(H,73,74,75)(H2,50,54,55,56,57). The molecule has 0 amide bonds. The van der Waals surface area contributed by atoms with Crippen molar-refractivity contribution in [2.45, 2.75) is 29.4 Å². The normalized spacial score (nSPS) is 13.2. The topological polar surface area (TPSA) is 485 Å². The minimum absolute atomic E-state index is 0.0218. The summed E-state index contributed by atoms with van der Waals surface area (Å²) in [5.41, 5.74) is -1.19. The Morgan fingerprint density at radius 2 is 1.12 bits per heavy atom. The zero-order valence-corrected chi connectivity index (χ0v) is 47.8. The first-order valence-electron chi connectivity index (χ1n) is 22.5. The number of halogens is 3. The van der Waals surface area contributed by atoms with Gasteiger partial charge < -0.3 is 41.1 Å². The maximum Gasteiger partial charge on any atom is 0.300 e. The summed E-state index contributed by atoms with van der Waals surface area (Å²) in [5, 5.41) is 15.3. The Hall–Kier alpha value is -7.34. The van der Waals surface area contributed by atoms with E-state index in [4.69, 9.17) is 44.0 Å². The van der Waals surface area contributed by atoms with E-state index in [1.807, 2.05) is 0 Å². The van der Waals surface area contributed by atoms with Crippen molar-refractivity contribution >= 4 is 158 Å². The molecule has 0 spiro atoms. The molecule has 0 saturated carbocycles. The summed E-state index contributed by atoms with van der Waals surface area (Å²) < 4.78 is 218. The SMILES string of the molecule is O=S(=O)(O)c1ccc(Nc2cccc(NCCNc3ccc4c(c3S(=O)(=O)O)Oc3c(c(Cl)c5oc6c(S(=O)(=O)O)c(=NCCNc7nc(Cl)nc(Nc8ccc(S(=O)(=O)O)cc8S(=O)(=O)O)n7)ccc-6nc5c3Cl)N4)c2)c(S(=O)(=O)O)c1. The molecule has 2 aliphatic heterocycles. The van der Waals surface area contributed by atoms with Crippen molar-refractivity contribution in [3.05, 3.63) is 106 Å². The number of hydrogen-bond donors (Lipinski definition) is 12. The molecule has 40 heteroatoms. The Labute approximate surface area is 483 Å². The molecule has 1 aromatic heterocycles.